The summed E-state index contributed by atoms with van der Waals surface area (Å²) in [6, 6.07) is 5.31. The molecule has 0 aliphatic carbocycles. The van der Waals surface area contributed by atoms with Crippen LogP contribution in [0.5, 0.6) is 0 Å². The van der Waals surface area contributed by atoms with E-state index in [0.717, 1.165) is 4.88 Å². The maximum Gasteiger partial charge on any atom is 0.272 e. The first kappa shape index (κ1) is 8.47. The molecule has 0 aliphatic rings. The summed E-state index contributed by atoms with van der Waals surface area (Å²) in [6.45, 7) is 0. The van der Waals surface area contributed by atoms with Crippen LogP contribution in [0.15, 0.2) is 28.4 Å². The van der Waals surface area contributed by atoms with Gasteiger partial charge in [0.2, 0.25) is 0 Å². The Bertz CT molecular complexity index is 463. The van der Waals surface area contributed by atoms with Gasteiger partial charge in [0.15, 0.2) is 0 Å². The van der Waals surface area contributed by atoms with Gasteiger partial charge in [0.1, 0.15) is 5.15 Å². The lowest BCUT2D eigenvalue weighted by Gasteiger charge is -1.94. The molecule has 13 heavy (non-hydrogen) atoms. The van der Waals surface area contributed by atoms with Crippen LogP contribution in [0.1, 0.15) is 0 Å². The Morgan fingerprint density at radius 1 is 1.54 bits per heavy atom. The van der Waals surface area contributed by atoms with E-state index in [1.165, 1.54) is 11.3 Å². The molecule has 0 atom stereocenters. The molecule has 5 heteroatoms. The largest absolute Gasteiger partial charge is 0.272 e. The standard InChI is InChI=1S/C8H5ClN2OS/c9-7-4-5(8(12)11-10-7)6-2-1-3-13-6/h1-4H,(H,11,12). The van der Waals surface area contributed by atoms with Crippen molar-refractivity contribution in [3.63, 3.8) is 0 Å². The minimum Gasteiger partial charge on any atom is -0.267 e. The highest BCUT2D eigenvalue weighted by atomic mass is 35.5. The topological polar surface area (TPSA) is 45.8 Å². The van der Waals surface area contributed by atoms with E-state index < -0.39 is 0 Å². The number of nitrogens with one attached hydrogen (secondary N) is 1. The molecule has 0 bridgehead atoms. The molecule has 2 heterocycles. The Morgan fingerprint density at radius 2 is 2.38 bits per heavy atom. The molecule has 2 aromatic heterocycles. The number of aromatic nitrogens is 2. The summed E-state index contributed by atoms with van der Waals surface area (Å²) in [7, 11) is 0. The zero-order valence-electron chi connectivity index (χ0n) is 6.45. The lowest BCUT2D eigenvalue weighted by molar-refractivity contribution is 0.993. The van der Waals surface area contributed by atoms with Crippen LogP contribution in [-0.4, -0.2) is 10.2 Å². The molecule has 0 aliphatic heterocycles. The van der Waals surface area contributed by atoms with Gasteiger partial charge in [0, 0.05) is 4.88 Å². The van der Waals surface area contributed by atoms with Crippen molar-refractivity contribution in [1.29, 1.82) is 0 Å². The van der Waals surface area contributed by atoms with Crippen molar-refractivity contribution in [3.05, 3.63) is 39.1 Å². The Kier molecular flexibility index (Phi) is 2.16. The van der Waals surface area contributed by atoms with E-state index in [1.54, 1.807) is 6.07 Å². The molecule has 0 saturated heterocycles. The van der Waals surface area contributed by atoms with E-state index in [4.69, 9.17) is 11.6 Å². The average molecular weight is 213 g/mol. The van der Waals surface area contributed by atoms with Crippen LogP contribution in [0.4, 0.5) is 0 Å². The first-order valence-corrected chi connectivity index (χ1v) is 4.82. The Hall–Kier alpha value is -1.13. The fraction of sp³-hybridized carbons (Fsp3) is 0. The van der Waals surface area contributed by atoms with Gasteiger partial charge in [-0.3, -0.25) is 4.79 Å². The van der Waals surface area contributed by atoms with Crippen LogP contribution in [0, 0.1) is 0 Å². The maximum absolute atomic E-state index is 11.3. The predicted molar refractivity (Wildman–Crippen MR) is 53.2 cm³/mol. The molecule has 2 rings (SSSR count). The smallest absolute Gasteiger partial charge is 0.267 e. The summed E-state index contributed by atoms with van der Waals surface area (Å²) in [5, 5.41) is 8.11. The van der Waals surface area contributed by atoms with Gasteiger partial charge in [0.25, 0.3) is 5.56 Å². The molecule has 3 nitrogen and oxygen atoms in total. The second-order valence-corrected chi connectivity index (χ2v) is 3.75. The molecule has 0 radical (unpaired) electrons. The van der Waals surface area contributed by atoms with E-state index in [2.05, 4.69) is 10.2 Å². The van der Waals surface area contributed by atoms with Crippen LogP contribution in [-0.2, 0) is 0 Å². The number of nitrogens with zero attached hydrogens (tertiary/aromatic N) is 1. The minimum atomic E-state index is -0.216. The monoisotopic (exact) mass is 212 g/mol. The highest BCUT2D eigenvalue weighted by Gasteiger charge is 2.04. The van der Waals surface area contributed by atoms with Gasteiger partial charge in [-0.1, -0.05) is 17.7 Å². The van der Waals surface area contributed by atoms with Crippen LogP contribution >= 0.6 is 22.9 Å². The summed E-state index contributed by atoms with van der Waals surface area (Å²) >= 11 is 7.15. The molecular weight excluding hydrogens is 208 g/mol. The summed E-state index contributed by atoms with van der Waals surface area (Å²) in [4.78, 5) is 12.2. The quantitative estimate of drug-likeness (QED) is 0.788. The highest BCUT2D eigenvalue weighted by Crippen LogP contribution is 2.21. The number of hydrogen-bond acceptors (Lipinski definition) is 3. The lowest BCUT2D eigenvalue weighted by atomic mass is 10.2. The van der Waals surface area contributed by atoms with Gasteiger partial charge < -0.3 is 0 Å². The van der Waals surface area contributed by atoms with Crippen molar-refractivity contribution in [3.8, 4) is 10.4 Å². The van der Waals surface area contributed by atoms with Gasteiger partial charge in [-0.15, -0.1) is 11.3 Å². The summed E-state index contributed by atoms with van der Waals surface area (Å²) < 4.78 is 0. The fourth-order valence-corrected chi connectivity index (χ4v) is 1.89. The van der Waals surface area contributed by atoms with Crippen molar-refractivity contribution < 1.29 is 0 Å². The number of H-pyrrole nitrogens is 1. The Labute approximate surface area is 83.0 Å². The van der Waals surface area contributed by atoms with Crippen LogP contribution in [0.25, 0.3) is 10.4 Å². The molecule has 1 N–H and O–H groups in total. The summed E-state index contributed by atoms with van der Waals surface area (Å²) in [5.41, 5.74) is 0.349. The zero-order chi connectivity index (χ0) is 9.26. The molecular formula is C8H5ClN2OS. The van der Waals surface area contributed by atoms with Gasteiger partial charge in [-0.25, -0.2) is 5.10 Å². The third-order valence-corrected chi connectivity index (χ3v) is 2.66. The van der Waals surface area contributed by atoms with Crippen molar-refractivity contribution in [1.82, 2.24) is 10.2 Å². The summed E-state index contributed by atoms with van der Waals surface area (Å²) in [6.07, 6.45) is 0. The van der Waals surface area contributed by atoms with Gasteiger partial charge in [-0.2, -0.15) is 5.10 Å². The van der Waals surface area contributed by atoms with Crippen molar-refractivity contribution in [2.75, 3.05) is 0 Å². The summed E-state index contributed by atoms with van der Waals surface area (Å²) in [5.74, 6) is 0. The molecule has 0 fully saturated rings. The molecule has 0 saturated carbocycles. The first-order chi connectivity index (χ1) is 6.27. The second-order valence-electron chi connectivity index (χ2n) is 2.41. The molecule has 0 amide bonds. The third kappa shape index (κ3) is 1.64. The van der Waals surface area contributed by atoms with Gasteiger partial charge >= 0.3 is 0 Å². The Balaban J connectivity index is 2.64. The van der Waals surface area contributed by atoms with Crippen molar-refractivity contribution in [2.24, 2.45) is 0 Å². The van der Waals surface area contributed by atoms with Crippen molar-refractivity contribution in [2.45, 2.75) is 0 Å². The lowest BCUT2D eigenvalue weighted by Crippen LogP contribution is -2.09. The molecule has 0 unspecified atom stereocenters. The number of halogens is 1. The fourth-order valence-electron chi connectivity index (χ4n) is 0.996. The highest BCUT2D eigenvalue weighted by molar-refractivity contribution is 7.13. The zero-order valence-corrected chi connectivity index (χ0v) is 8.02. The Morgan fingerprint density at radius 3 is 3.08 bits per heavy atom. The molecule has 0 aromatic carbocycles. The normalized spacial score (nSPS) is 10.2. The SMILES string of the molecule is O=c1[nH]nc(Cl)cc1-c1cccs1. The van der Waals surface area contributed by atoms with Crippen LogP contribution in [0.2, 0.25) is 5.15 Å². The van der Waals surface area contributed by atoms with E-state index in [0.29, 0.717) is 10.7 Å². The number of hydrogen-bond donors (Lipinski definition) is 1. The van der Waals surface area contributed by atoms with E-state index in [-0.39, 0.29) is 5.56 Å². The first-order valence-electron chi connectivity index (χ1n) is 3.56. The third-order valence-electron chi connectivity index (χ3n) is 1.56. The van der Waals surface area contributed by atoms with E-state index in [1.807, 2.05) is 17.5 Å². The van der Waals surface area contributed by atoms with E-state index >= 15 is 0 Å². The number of rotatable bonds is 1. The molecule has 2 aromatic rings. The van der Waals surface area contributed by atoms with E-state index in [9.17, 15) is 4.79 Å². The molecule has 66 valence electrons. The predicted octanol–water partition coefficient (Wildman–Crippen LogP) is 2.15. The van der Waals surface area contributed by atoms with Crippen LogP contribution < -0.4 is 5.56 Å². The van der Waals surface area contributed by atoms with Crippen LogP contribution in [0.3, 0.4) is 0 Å². The number of thiophene rings is 1. The van der Waals surface area contributed by atoms with Gasteiger partial charge in [-0.05, 0) is 17.5 Å². The van der Waals surface area contributed by atoms with Crippen molar-refractivity contribution >= 4 is 22.9 Å². The average Bonchev–Trinajstić information content (AvgIpc) is 2.61. The maximum atomic E-state index is 11.3. The molecule has 0 spiro atoms. The second kappa shape index (κ2) is 3.32. The number of aromatic amines is 1. The van der Waals surface area contributed by atoms with Gasteiger partial charge in [0.05, 0.1) is 5.56 Å². The minimum absolute atomic E-state index is 0.216.